The Hall–Kier alpha value is -3.55. The molecule has 1 unspecified atom stereocenters. The molecule has 8 heteroatoms. The summed E-state index contributed by atoms with van der Waals surface area (Å²) >= 11 is 0. The number of benzene rings is 2. The fourth-order valence-electron chi connectivity index (χ4n) is 3.76. The lowest BCUT2D eigenvalue weighted by Crippen LogP contribution is -2.52. The third-order valence-electron chi connectivity index (χ3n) is 5.40. The highest BCUT2D eigenvalue weighted by Gasteiger charge is 2.27. The zero-order valence-corrected chi connectivity index (χ0v) is 18.6. The van der Waals surface area contributed by atoms with Gasteiger partial charge in [-0.25, -0.2) is 0 Å². The van der Waals surface area contributed by atoms with Gasteiger partial charge < -0.3 is 14.8 Å². The van der Waals surface area contributed by atoms with Crippen molar-refractivity contribution in [3.05, 3.63) is 54.1 Å². The predicted molar refractivity (Wildman–Crippen MR) is 119 cm³/mol. The van der Waals surface area contributed by atoms with Crippen LogP contribution in [0.3, 0.4) is 0 Å². The van der Waals surface area contributed by atoms with Crippen LogP contribution in [0, 0.1) is 5.92 Å². The van der Waals surface area contributed by atoms with E-state index in [1.807, 2.05) is 55.5 Å². The van der Waals surface area contributed by atoms with Gasteiger partial charge in [0.2, 0.25) is 11.7 Å². The van der Waals surface area contributed by atoms with Gasteiger partial charge in [0.15, 0.2) is 0 Å². The Kier molecular flexibility index (Phi) is 7.70. The lowest BCUT2D eigenvalue weighted by molar-refractivity contribution is -0.313. The smallest absolute Gasteiger partial charge is 0.223 e. The molecule has 1 aromatic heterocycles. The van der Waals surface area contributed by atoms with Gasteiger partial charge in [0.25, 0.3) is 0 Å². The number of unbranched alkanes of at least 4 members (excludes halogenated alkanes) is 1. The van der Waals surface area contributed by atoms with Gasteiger partial charge in [0, 0.05) is 18.5 Å². The maximum Gasteiger partial charge on any atom is 0.223 e. The summed E-state index contributed by atoms with van der Waals surface area (Å²) < 4.78 is 0. The molecule has 0 bridgehead atoms. The molecule has 8 nitrogen and oxygen atoms in total. The summed E-state index contributed by atoms with van der Waals surface area (Å²) in [6, 6.07) is 14.5. The lowest BCUT2D eigenvalue weighted by atomic mass is 9.97. The van der Waals surface area contributed by atoms with Crippen LogP contribution >= 0.6 is 0 Å². The second kappa shape index (κ2) is 10.7. The number of nitrogens with one attached hydrogen (secondary N) is 1. The van der Waals surface area contributed by atoms with Crippen molar-refractivity contribution in [1.82, 2.24) is 25.5 Å². The highest BCUT2D eigenvalue weighted by Crippen LogP contribution is 2.30. The number of hydrogen-bond acceptors (Lipinski definition) is 6. The Labute approximate surface area is 187 Å². The Morgan fingerprint density at radius 3 is 2.31 bits per heavy atom. The number of tetrazole rings is 1. The van der Waals surface area contributed by atoms with Crippen LogP contribution in [-0.2, 0) is 16.1 Å². The number of rotatable bonds is 10. The topological polar surface area (TPSA) is 115 Å². The van der Waals surface area contributed by atoms with Crippen LogP contribution in [-0.4, -0.2) is 43.4 Å². The maximum atomic E-state index is 12.8. The number of aliphatic carboxylic acids is 1. The number of carboxylic acid groups (broad SMARTS) is 1. The van der Waals surface area contributed by atoms with Crippen molar-refractivity contribution >= 4 is 11.9 Å². The molecule has 168 valence electrons. The van der Waals surface area contributed by atoms with E-state index in [9.17, 15) is 14.7 Å². The van der Waals surface area contributed by atoms with E-state index >= 15 is 0 Å². The molecule has 0 saturated heterocycles. The van der Waals surface area contributed by atoms with Gasteiger partial charge in [-0.1, -0.05) is 75.7 Å². The van der Waals surface area contributed by atoms with Crippen molar-refractivity contribution in [3.63, 3.8) is 0 Å². The number of hydrogen-bond donors (Lipinski definition) is 1. The van der Waals surface area contributed by atoms with E-state index in [0.717, 1.165) is 35.1 Å². The maximum absolute atomic E-state index is 12.8. The first kappa shape index (κ1) is 23.1. The monoisotopic (exact) mass is 434 g/mol. The van der Waals surface area contributed by atoms with Crippen LogP contribution in [0.15, 0.2) is 48.5 Å². The summed E-state index contributed by atoms with van der Waals surface area (Å²) in [4.78, 5) is 26.1. The molecule has 0 aliphatic rings. The van der Waals surface area contributed by atoms with Gasteiger partial charge in [0.1, 0.15) is 0 Å². The van der Waals surface area contributed by atoms with Gasteiger partial charge in [-0.05, 0) is 34.2 Å². The van der Waals surface area contributed by atoms with Crippen LogP contribution < -0.4 is 5.11 Å². The lowest BCUT2D eigenvalue weighted by Gasteiger charge is -2.35. The summed E-state index contributed by atoms with van der Waals surface area (Å²) in [5.41, 5.74) is 3.61. The van der Waals surface area contributed by atoms with Crippen LogP contribution in [0.1, 0.15) is 45.6 Å². The highest BCUT2D eigenvalue weighted by atomic mass is 16.4. The standard InChI is InChI=1S/C24H29N5O3/c1-4-5-10-21(30)29(22(16(2)3)24(31)32)15-17-11-13-18(14-12-17)19-8-6-7-9-20(19)23-25-27-28-26-23/h6-9,11-14,16,22H,4-5,10,15H2,1-3H3,(H,31,32)(H,25,26,27,28)/p-1. The third kappa shape index (κ3) is 5.38. The molecule has 0 radical (unpaired) electrons. The molecular formula is C24H28N5O3-. The molecule has 1 N–H and O–H groups in total. The van der Waals surface area contributed by atoms with Crippen molar-refractivity contribution in [2.24, 2.45) is 5.92 Å². The minimum Gasteiger partial charge on any atom is -0.548 e. The van der Waals surface area contributed by atoms with Crippen molar-refractivity contribution in [2.75, 3.05) is 0 Å². The summed E-state index contributed by atoms with van der Waals surface area (Å²) in [6.07, 6.45) is 1.91. The number of amides is 1. The van der Waals surface area contributed by atoms with E-state index in [-0.39, 0.29) is 18.4 Å². The second-order valence-electron chi connectivity index (χ2n) is 8.11. The van der Waals surface area contributed by atoms with Crippen LogP contribution in [0.5, 0.6) is 0 Å². The molecule has 0 saturated carbocycles. The number of H-pyrrole nitrogens is 1. The summed E-state index contributed by atoms with van der Waals surface area (Å²) in [5.74, 6) is -1.14. The summed E-state index contributed by atoms with van der Waals surface area (Å²) in [7, 11) is 0. The molecule has 1 heterocycles. The van der Waals surface area contributed by atoms with Gasteiger partial charge in [-0.15, -0.1) is 10.2 Å². The van der Waals surface area contributed by atoms with Gasteiger partial charge in [0.05, 0.1) is 12.0 Å². The van der Waals surface area contributed by atoms with Gasteiger partial charge in [-0.3, -0.25) is 4.79 Å². The largest absolute Gasteiger partial charge is 0.548 e. The SMILES string of the molecule is CCCCC(=O)N(Cc1ccc(-c2ccccc2-c2nn[nH]n2)cc1)C(C(=O)[O-])C(C)C. The average molecular weight is 435 g/mol. The zero-order valence-electron chi connectivity index (χ0n) is 18.6. The second-order valence-corrected chi connectivity index (χ2v) is 8.11. The molecule has 0 fully saturated rings. The van der Waals surface area contributed by atoms with Crippen molar-refractivity contribution in [2.45, 2.75) is 52.6 Å². The van der Waals surface area contributed by atoms with E-state index in [0.29, 0.717) is 12.2 Å². The number of aromatic amines is 1. The van der Waals surface area contributed by atoms with Crippen LogP contribution in [0.2, 0.25) is 0 Å². The minimum atomic E-state index is -1.23. The van der Waals surface area contributed by atoms with Crippen LogP contribution in [0.25, 0.3) is 22.5 Å². The van der Waals surface area contributed by atoms with Crippen molar-refractivity contribution in [3.8, 4) is 22.5 Å². The number of carbonyl (C=O) groups is 2. The van der Waals surface area contributed by atoms with E-state index in [2.05, 4.69) is 20.6 Å². The van der Waals surface area contributed by atoms with Crippen LogP contribution in [0.4, 0.5) is 0 Å². The Morgan fingerprint density at radius 2 is 1.75 bits per heavy atom. The Morgan fingerprint density at radius 1 is 1.06 bits per heavy atom. The molecule has 0 aliphatic heterocycles. The summed E-state index contributed by atoms with van der Waals surface area (Å²) in [6.45, 7) is 5.80. The highest BCUT2D eigenvalue weighted by molar-refractivity contribution is 5.83. The van der Waals surface area contributed by atoms with Gasteiger partial charge in [-0.2, -0.15) is 5.21 Å². The quantitative estimate of drug-likeness (QED) is 0.525. The van der Waals surface area contributed by atoms with E-state index < -0.39 is 12.0 Å². The number of aromatic nitrogens is 4. The first-order valence-corrected chi connectivity index (χ1v) is 10.8. The minimum absolute atomic E-state index is 0.165. The first-order chi connectivity index (χ1) is 15.4. The number of carboxylic acids is 1. The zero-order chi connectivity index (χ0) is 23.1. The molecule has 1 amide bonds. The predicted octanol–water partition coefficient (Wildman–Crippen LogP) is 2.83. The Balaban J connectivity index is 1.87. The van der Waals surface area contributed by atoms with Crippen molar-refractivity contribution < 1.29 is 14.7 Å². The normalized spacial score (nSPS) is 12.0. The van der Waals surface area contributed by atoms with Crippen molar-refractivity contribution in [1.29, 1.82) is 0 Å². The molecule has 2 aromatic carbocycles. The van der Waals surface area contributed by atoms with E-state index in [1.54, 1.807) is 13.8 Å². The average Bonchev–Trinajstić information content (AvgIpc) is 3.32. The number of nitrogens with zero attached hydrogens (tertiary/aromatic N) is 4. The molecule has 0 spiro atoms. The molecule has 1 atom stereocenters. The van der Waals surface area contributed by atoms with Gasteiger partial charge >= 0.3 is 0 Å². The molecule has 3 aromatic rings. The third-order valence-corrected chi connectivity index (χ3v) is 5.40. The number of carbonyl (C=O) groups excluding carboxylic acids is 2. The fraction of sp³-hybridized carbons (Fsp3) is 0.375. The Bertz CT molecular complexity index is 1030. The molecule has 0 aliphatic carbocycles. The summed E-state index contributed by atoms with van der Waals surface area (Å²) in [5, 5.41) is 26.1. The molecule has 3 rings (SSSR count). The fourth-order valence-corrected chi connectivity index (χ4v) is 3.76. The first-order valence-electron chi connectivity index (χ1n) is 10.8. The molecular weight excluding hydrogens is 406 g/mol. The van der Waals surface area contributed by atoms with E-state index in [1.165, 1.54) is 4.90 Å². The molecule has 32 heavy (non-hydrogen) atoms. The van der Waals surface area contributed by atoms with E-state index in [4.69, 9.17) is 0 Å².